The quantitative estimate of drug-likeness (QED) is 0.766. The van der Waals surface area contributed by atoms with Crippen molar-refractivity contribution < 1.29 is 0 Å². The minimum Gasteiger partial charge on any atom is -0.369 e. The van der Waals surface area contributed by atoms with Gasteiger partial charge in [0.25, 0.3) is 0 Å². The summed E-state index contributed by atoms with van der Waals surface area (Å²) in [6.45, 7) is 8.33. The zero-order chi connectivity index (χ0) is 19.0. The highest BCUT2D eigenvalue weighted by Crippen LogP contribution is 2.36. The Labute approximate surface area is 159 Å². The molecule has 0 radical (unpaired) electrons. The van der Waals surface area contributed by atoms with Crippen LogP contribution in [0.3, 0.4) is 0 Å². The summed E-state index contributed by atoms with van der Waals surface area (Å²) in [6.07, 6.45) is 8.45. The number of pyridine rings is 1. The monoisotopic (exact) mass is 365 g/mol. The number of anilines is 1. The summed E-state index contributed by atoms with van der Waals surface area (Å²) in [5, 5.41) is 9.07. The Kier molecular flexibility index (Phi) is 4.55. The zero-order valence-corrected chi connectivity index (χ0v) is 16.4. The maximum atomic E-state index is 4.54. The van der Waals surface area contributed by atoms with Gasteiger partial charge in [-0.15, -0.1) is 0 Å². The maximum Gasteiger partial charge on any atom is 0.163 e. The van der Waals surface area contributed by atoms with E-state index in [1.54, 1.807) is 6.33 Å². The van der Waals surface area contributed by atoms with Crippen LogP contribution in [0.1, 0.15) is 38.8 Å². The number of hydrogen-bond acceptors (Lipinski definition) is 6. The first-order valence-corrected chi connectivity index (χ1v) is 9.48. The molecule has 0 bridgehead atoms. The summed E-state index contributed by atoms with van der Waals surface area (Å²) in [6, 6.07) is 4.56. The summed E-state index contributed by atoms with van der Waals surface area (Å²) < 4.78 is 1.96. The van der Waals surface area contributed by atoms with Crippen LogP contribution in [0.4, 0.5) is 5.82 Å². The second-order valence-corrected chi connectivity index (χ2v) is 8.33. The Balaban J connectivity index is 1.56. The zero-order valence-electron chi connectivity index (χ0n) is 16.4. The first-order chi connectivity index (χ1) is 12.9. The predicted octanol–water partition coefficient (Wildman–Crippen LogP) is 3.08. The third-order valence-electron chi connectivity index (χ3n) is 5.33. The lowest BCUT2D eigenvalue weighted by atomic mass is 9.95. The highest BCUT2D eigenvalue weighted by Gasteiger charge is 2.33. The molecule has 3 aromatic rings. The van der Waals surface area contributed by atoms with Gasteiger partial charge in [0, 0.05) is 25.0 Å². The minimum atomic E-state index is -0.118. The fraction of sp³-hybridized carbons (Fsp3) is 0.500. The summed E-state index contributed by atoms with van der Waals surface area (Å²) in [4.78, 5) is 15.7. The number of nitrogens with one attached hydrogen (secondary N) is 1. The normalized spacial score (nSPS) is 21.0. The molecule has 1 N–H and O–H groups in total. The lowest BCUT2D eigenvalue weighted by Gasteiger charge is -2.25. The number of aromatic nitrogens is 5. The van der Waals surface area contributed by atoms with Crippen LogP contribution < -0.4 is 5.32 Å². The van der Waals surface area contributed by atoms with Crippen LogP contribution in [0.2, 0.25) is 0 Å². The third kappa shape index (κ3) is 3.39. The molecule has 1 saturated heterocycles. The molecule has 4 rings (SSSR count). The van der Waals surface area contributed by atoms with Crippen molar-refractivity contribution >= 4 is 16.9 Å². The maximum absolute atomic E-state index is 4.54. The van der Waals surface area contributed by atoms with Crippen LogP contribution in [0.15, 0.2) is 37.1 Å². The molecule has 2 atom stereocenters. The summed E-state index contributed by atoms with van der Waals surface area (Å²) >= 11 is 0. The van der Waals surface area contributed by atoms with Crippen LogP contribution in [0.5, 0.6) is 0 Å². The van der Waals surface area contributed by atoms with Crippen LogP contribution in [0, 0.1) is 5.92 Å². The molecule has 0 spiro atoms. The van der Waals surface area contributed by atoms with Gasteiger partial charge in [0.1, 0.15) is 12.1 Å². The smallest absolute Gasteiger partial charge is 0.163 e. The van der Waals surface area contributed by atoms with Crippen molar-refractivity contribution in [1.82, 2.24) is 29.6 Å². The SMILES string of the molecule is CN1CC[C@@H](CNc2ncnc3c2cnn3C(C)(C)C)[C@@H]1c1cccnc1. The van der Waals surface area contributed by atoms with E-state index in [0.29, 0.717) is 12.0 Å². The molecule has 142 valence electrons. The lowest BCUT2D eigenvalue weighted by molar-refractivity contribution is 0.281. The Hall–Kier alpha value is -2.54. The molecule has 0 unspecified atom stereocenters. The number of nitrogens with zero attached hydrogens (tertiary/aromatic N) is 6. The van der Waals surface area contributed by atoms with Crippen molar-refractivity contribution in [3.05, 3.63) is 42.6 Å². The molecule has 1 aliphatic heterocycles. The molecule has 7 nitrogen and oxygen atoms in total. The first-order valence-electron chi connectivity index (χ1n) is 9.48. The molecular weight excluding hydrogens is 338 g/mol. The second-order valence-electron chi connectivity index (χ2n) is 8.33. The van der Waals surface area contributed by atoms with Crippen molar-refractivity contribution in [2.75, 3.05) is 25.5 Å². The fourth-order valence-corrected chi connectivity index (χ4v) is 4.02. The van der Waals surface area contributed by atoms with E-state index in [1.165, 1.54) is 5.56 Å². The average Bonchev–Trinajstić information content (AvgIpc) is 3.24. The molecule has 7 heteroatoms. The predicted molar refractivity (Wildman–Crippen MR) is 107 cm³/mol. The summed E-state index contributed by atoms with van der Waals surface area (Å²) in [7, 11) is 2.19. The van der Waals surface area contributed by atoms with E-state index in [0.717, 1.165) is 36.4 Å². The number of likely N-dealkylation sites (tertiary alicyclic amines) is 1. The Morgan fingerprint density at radius 1 is 1.22 bits per heavy atom. The number of rotatable bonds is 4. The molecule has 1 aliphatic rings. The van der Waals surface area contributed by atoms with Crippen molar-refractivity contribution in [2.45, 2.75) is 38.8 Å². The number of hydrogen-bond donors (Lipinski definition) is 1. The van der Waals surface area contributed by atoms with Gasteiger partial charge in [-0.3, -0.25) is 9.88 Å². The molecule has 0 amide bonds. The van der Waals surface area contributed by atoms with Gasteiger partial charge in [-0.1, -0.05) is 6.07 Å². The van der Waals surface area contributed by atoms with Gasteiger partial charge in [-0.25, -0.2) is 14.6 Å². The van der Waals surface area contributed by atoms with E-state index in [-0.39, 0.29) is 5.54 Å². The van der Waals surface area contributed by atoms with Gasteiger partial charge in [0.05, 0.1) is 17.1 Å². The van der Waals surface area contributed by atoms with Gasteiger partial charge in [0.15, 0.2) is 5.65 Å². The van der Waals surface area contributed by atoms with Gasteiger partial charge in [-0.05, 0) is 58.3 Å². The molecule has 4 heterocycles. The van der Waals surface area contributed by atoms with E-state index in [1.807, 2.05) is 29.3 Å². The molecule has 0 aromatic carbocycles. The lowest BCUT2D eigenvalue weighted by Crippen LogP contribution is -2.25. The van der Waals surface area contributed by atoms with Crippen LogP contribution in [-0.4, -0.2) is 49.8 Å². The van der Waals surface area contributed by atoms with Gasteiger partial charge in [0.2, 0.25) is 0 Å². The van der Waals surface area contributed by atoms with Crippen LogP contribution >= 0.6 is 0 Å². The summed E-state index contributed by atoms with van der Waals surface area (Å²) in [5.41, 5.74) is 2.03. The molecule has 0 saturated carbocycles. The first kappa shape index (κ1) is 17.9. The topological polar surface area (TPSA) is 71.8 Å². The van der Waals surface area contributed by atoms with E-state index >= 15 is 0 Å². The van der Waals surface area contributed by atoms with E-state index in [9.17, 15) is 0 Å². The largest absolute Gasteiger partial charge is 0.369 e. The standard InChI is InChI=1S/C20H27N7/c1-20(2,3)27-19-16(12-25-27)18(23-13-24-19)22-11-15-7-9-26(4)17(15)14-6-5-8-21-10-14/h5-6,8,10,12-13,15,17H,7,9,11H2,1-4H3,(H,22,23,24)/t15-,17-/m0/s1. The molecule has 0 aliphatic carbocycles. The van der Waals surface area contributed by atoms with Crippen LogP contribution in [0.25, 0.3) is 11.0 Å². The van der Waals surface area contributed by atoms with E-state index in [4.69, 9.17) is 0 Å². The third-order valence-corrected chi connectivity index (χ3v) is 5.33. The fourth-order valence-electron chi connectivity index (χ4n) is 4.02. The van der Waals surface area contributed by atoms with Gasteiger partial charge in [-0.2, -0.15) is 5.10 Å². The Bertz CT molecular complexity index is 913. The molecule has 3 aromatic heterocycles. The van der Waals surface area contributed by atoms with Crippen molar-refractivity contribution in [1.29, 1.82) is 0 Å². The van der Waals surface area contributed by atoms with Crippen molar-refractivity contribution in [3.8, 4) is 0 Å². The second kappa shape index (κ2) is 6.88. The number of fused-ring (bicyclic) bond motifs is 1. The molecular formula is C20H27N7. The van der Waals surface area contributed by atoms with Crippen molar-refractivity contribution in [2.24, 2.45) is 5.92 Å². The minimum absolute atomic E-state index is 0.118. The summed E-state index contributed by atoms with van der Waals surface area (Å²) in [5.74, 6) is 1.36. The Morgan fingerprint density at radius 3 is 2.81 bits per heavy atom. The average molecular weight is 365 g/mol. The highest BCUT2D eigenvalue weighted by atomic mass is 15.3. The van der Waals surface area contributed by atoms with Crippen molar-refractivity contribution in [3.63, 3.8) is 0 Å². The van der Waals surface area contributed by atoms with Gasteiger partial charge >= 0.3 is 0 Å². The molecule has 1 fully saturated rings. The van der Waals surface area contributed by atoms with Crippen LogP contribution in [-0.2, 0) is 5.54 Å². The highest BCUT2D eigenvalue weighted by molar-refractivity contribution is 5.86. The van der Waals surface area contributed by atoms with E-state index < -0.39 is 0 Å². The molecule has 27 heavy (non-hydrogen) atoms. The Morgan fingerprint density at radius 2 is 2.07 bits per heavy atom. The van der Waals surface area contributed by atoms with E-state index in [2.05, 4.69) is 64.2 Å². The van der Waals surface area contributed by atoms with Gasteiger partial charge < -0.3 is 5.32 Å².